The van der Waals surface area contributed by atoms with Gasteiger partial charge in [0.15, 0.2) is 0 Å². The van der Waals surface area contributed by atoms with Gasteiger partial charge in [-0.25, -0.2) is 4.79 Å². The Morgan fingerprint density at radius 2 is 2.00 bits per heavy atom. The van der Waals surface area contributed by atoms with Crippen molar-refractivity contribution in [3.05, 3.63) is 58.8 Å². The van der Waals surface area contributed by atoms with Crippen molar-refractivity contribution in [2.24, 2.45) is 0 Å². The van der Waals surface area contributed by atoms with Crippen molar-refractivity contribution in [2.75, 3.05) is 31.6 Å². The van der Waals surface area contributed by atoms with Gasteiger partial charge >= 0.3 is 5.97 Å². The van der Waals surface area contributed by atoms with Crippen LogP contribution in [0.5, 0.6) is 5.75 Å². The van der Waals surface area contributed by atoms with E-state index < -0.39 is 5.97 Å². The van der Waals surface area contributed by atoms with Crippen molar-refractivity contribution >= 4 is 22.6 Å². The first-order valence-electron chi connectivity index (χ1n) is 11.6. The fraction of sp³-hybridized carbons (Fsp3) is 0.423. The third kappa shape index (κ3) is 3.62. The zero-order valence-electron chi connectivity index (χ0n) is 18.9. The van der Waals surface area contributed by atoms with Crippen LogP contribution in [-0.4, -0.2) is 47.7 Å². The number of aromatic amines is 1. The third-order valence-electron chi connectivity index (χ3n) is 7.14. The van der Waals surface area contributed by atoms with Crippen LogP contribution >= 0.6 is 0 Å². The number of carboxylic acids is 1. The number of nitrogens with zero attached hydrogens (tertiary/aromatic N) is 2. The summed E-state index contributed by atoms with van der Waals surface area (Å²) in [5, 5.41) is 10.8. The molecule has 0 spiro atoms. The lowest BCUT2D eigenvalue weighted by Crippen LogP contribution is -2.40. The van der Waals surface area contributed by atoms with Crippen molar-refractivity contribution in [1.82, 2.24) is 9.88 Å². The SMILES string of the molecule is COc1cc(C)c2[nH]ccc2c1CN1CCCC[C@H]1c1ccc(C(=O)O)cc1N1CCC1. The Bertz CT molecular complexity index is 1150. The third-order valence-corrected chi connectivity index (χ3v) is 7.14. The molecule has 2 fully saturated rings. The molecule has 2 saturated heterocycles. The van der Waals surface area contributed by atoms with Crippen LogP contribution in [0.1, 0.15) is 58.8 Å². The smallest absolute Gasteiger partial charge is 0.335 e. The van der Waals surface area contributed by atoms with Crippen molar-refractivity contribution in [2.45, 2.75) is 45.2 Å². The fourth-order valence-corrected chi connectivity index (χ4v) is 5.31. The molecule has 0 radical (unpaired) electrons. The van der Waals surface area contributed by atoms with Gasteiger partial charge in [0, 0.05) is 54.0 Å². The van der Waals surface area contributed by atoms with Crippen molar-refractivity contribution in [1.29, 1.82) is 0 Å². The van der Waals surface area contributed by atoms with Gasteiger partial charge in [-0.3, -0.25) is 4.90 Å². The van der Waals surface area contributed by atoms with Crippen LogP contribution in [0.4, 0.5) is 5.69 Å². The predicted octanol–water partition coefficient (Wildman–Crippen LogP) is 5.12. The highest BCUT2D eigenvalue weighted by molar-refractivity contribution is 5.89. The van der Waals surface area contributed by atoms with Crippen LogP contribution in [0.2, 0.25) is 0 Å². The summed E-state index contributed by atoms with van der Waals surface area (Å²) in [6.07, 6.45) is 6.61. The number of nitrogens with one attached hydrogen (secondary N) is 1. The lowest BCUT2D eigenvalue weighted by Gasteiger charge is -2.41. The Kier molecular flexibility index (Phi) is 5.55. The van der Waals surface area contributed by atoms with Crippen molar-refractivity contribution in [3.8, 4) is 5.75 Å². The Balaban J connectivity index is 1.54. The quantitative estimate of drug-likeness (QED) is 0.565. The summed E-state index contributed by atoms with van der Waals surface area (Å²) in [4.78, 5) is 19.9. The molecule has 2 aliphatic heterocycles. The number of aryl methyl sites for hydroxylation is 1. The van der Waals surface area contributed by atoms with Gasteiger partial charge in [0.2, 0.25) is 0 Å². The fourth-order valence-electron chi connectivity index (χ4n) is 5.31. The van der Waals surface area contributed by atoms with Crippen molar-refractivity contribution < 1.29 is 14.6 Å². The molecular weight excluding hydrogens is 402 g/mol. The van der Waals surface area contributed by atoms with Crippen LogP contribution in [-0.2, 0) is 6.54 Å². The molecule has 6 nitrogen and oxygen atoms in total. The van der Waals surface area contributed by atoms with E-state index in [1.807, 2.05) is 12.3 Å². The summed E-state index contributed by atoms with van der Waals surface area (Å²) in [5.41, 5.74) is 6.29. The first-order chi connectivity index (χ1) is 15.6. The number of anilines is 1. The van der Waals surface area contributed by atoms with Crippen LogP contribution in [0, 0.1) is 6.92 Å². The summed E-state index contributed by atoms with van der Waals surface area (Å²) in [6, 6.07) is 10.2. The number of carboxylic acid groups (broad SMARTS) is 1. The molecule has 0 bridgehead atoms. The first kappa shape index (κ1) is 20.9. The molecule has 6 heteroatoms. The van der Waals surface area contributed by atoms with E-state index in [1.165, 1.54) is 40.4 Å². The molecule has 3 heterocycles. The van der Waals surface area contributed by atoms with E-state index in [0.717, 1.165) is 50.5 Å². The van der Waals surface area contributed by atoms with Crippen LogP contribution in [0.25, 0.3) is 10.9 Å². The van der Waals surface area contributed by atoms with Crippen LogP contribution in [0.3, 0.4) is 0 Å². The maximum absolute atomic E-state index is 11.6. The summed E-state index contributed by atoms with van der Waals surface area (Å²) in [5.74, 6) is 0.0705. The number of rotatable bonds is 6. The monoisotopic (exact) mass is 433 g/mol. The van der Waals surface area contributed by atoms with Gasteiger partial charge < -0.3 is 19.7 Å². The molecule has 0 aliphatic carbocycles. The van der Waals surface area contributed by atoms with E-state index >= 15 is 0 Å². The largest absolute Gasteiger partial charge is 0.496 e. The highest BCUT2D eigenvalue weighted by Crippen LogP contribution is 2.41. The van der Waals surface area contributed by atoms with Gasteiger partial charge in [0.25, 0.3) is 0 Å². The maximum atomic E-state index is 11.6. The predicted molar refractivity (Wildman–Crippen MR) is 127 cm³/mol. The average Bonchev–Trinajstić information content (AvgIpc) is 3.25. The number of aromatic nitrogens is 1. The van der Waals surface area contributed by atoms with E-state index in [2.05, 4.69) is 39.9 Å². The number of piperidine rings is 1. The molecule has 0 unspecified atom stereocenters. The van der Waals surface area contributed by atoms with Gasteiger partial charge in [0.05, 0.1) is 12.7 Å². The molecule has 5 rings (SSSR count). The highest BCUT2D eigenvalue weighted by atomic mass is 16.5. The summed E-state index contributed by atoms with van der Waals surface area (Å²) < 4.78 is 5.80. The topological polar surface area (TPSA) is 68.8 Å². The summed E-state index contributed by atoms with van der Waals surface area (Å²) >= 11 is 0. The minimum absolute atomic E-state index is 0.266. The molecule has 168 valence electrons. The Hall–Kier alpha value is -2.99. The second kappa shape index (κ2) is 8.51. The second-order valence-electron chi connectivity index (χ2n) is 9.04. The molecule has 0 amide bonds. The van der Waals surface area contributed by atoms with Crippen molar-refractivity contribution in [3.63, 3.8) is 0 Å². The number of methoxy groups -OCH3 is 1. The van der Waals surface area contributed by atoms with Gasteiger partial charge in [-0.15, -0.1) is 0 Å². The zero-order chi connectivity index (χ0) is 22.2. The van der Waals surface area contributed by atoms with Gasteiger partial charge in [-0.05, 0) is 68.1 Å². The van der Waals surface area contributed by atoms with Gasteiger partial charge in [0.1, 0.15) is 5.75 Å². The number of hydrogen-bond acceptors (Lipinski definition) is 4. The second-order valence-corrected chi connectivity index (χ2v) is 9.04. The van der Waals surface area contributed by atoms with Gasteiger partial charge in [-0.1, -0.05) is 12.5 Å². The minimum atomic E-state index is -0.863. The van der Waals surface area contributed by atoms with Crippen LogP contribution < -0.4 is 9.64 Å². The molecule has 2 aliphatic rings. The number of ether oxygens (including phenoxy) is 1. The number of hydrogen-bond donors (Lipinski definition) is 2. The number of likely N-dealkylation sites (tertiary alicyclic amines) is 1. The van der Waals surface area contributed by atoms with Crippen LogP contribution in [0.15, 0.2) is 36.5 Å². The first-order valence-corrected chi connectivity index (χ1v) is 11.6. The normalized spacial score (nSPS) is 19.2. The molecular formula is C26H31N3O3. The van der Waals surface area contributed by atoms with Gasteiger partial charge in [-0.2, -0.15) is 0 Å². The molecule has 32 heavy (non-hydrogen) atoms. The summed E-state index contributed by atoms with van der Waals surface area (Å²) in [7, 11) is 1.75. The molecule has 0 saturated carbocycles. The maximum Gasteiger partial charge on any atom is 0.335 e. The number of aromatic carboxylic acids is 1. The van der Waals surface area contributed by atoms with E-state index in [-0.39, 0.29) is 6.04 Å². The Morgan fingerprint density at radius 1 is 1.16 bits per heavy atom. The minimum Gasteiger partial charge on any atom is -0.496 e. The Morgan fingerprint density at radius 3 is 2.72 bits per heavy atom. The number of fused-ring (bicyclic) bond motifs is 1. The molecule has 2 aromatic carbocycles. The summed E-state index contributed by atoms with van der Waals surface area (Å²) in [6.45, 7) is 5.94. The number of H-pyrrole nitrogens is 1. The lowest BCUT2D eigenvalue weighted by atomic mass is 9.91. The Labute approximate surface area is 188 Å². The molecule has 1 atom stereocenters. The lowest BCUT2D eigenvalue weighted by molar-refractivity contribution is 0.0696. The number of benzene rings is 2. The molecule has 3 aromatic rings. The van der Waals surface area contributed by atoms with E-state index in [0.29, 0.717) is 5.56 Å². The average molecular weight is 434 g/mol. The molecule has 1 aromatic heterocycles. The zero-order valence-corrected chi connectivity index (χ0v) is 18.9. The highest BCUT2D eigenvalue weighted by Gasteiger charge is 2.30. The van der Waals surface area contributed by atoms with E-state index in [1.54, 1.807) is 13.2 Å². The van der Waals surface area contributed by atoms with E-state index in [9.17, 15) is 9.90 Å². The van der Waals surface area contributed by atoms with E-state index in [4.69, 9.17) is 4.74 Å². The molecule has 2 N–H and O–H groups in total. The standard InChI is InChI=1S/C26H31N3O3/c1-17-14-24(32-2)21(19-9-10-27-25(17)19)16-29-11-4-3-6-22(29)20-8-7-18(26(30)31)15-23(20)28-12-5-13-28/h7-10,14-15,22,27H,3-6,11-13,16H2,1-2H3,(H,30,31)/t22-/m0/s1. The number of carbonyl (C=O) groups is 1.